The molecule has 1 aromatic carbocycles. The van der Waals surface area contributed by atoms with E-state index in [-0.39, 0.29) is 12.1 Å². The fourth-order valence-corrected chi connectivity index (χ4v) is 7.26. The number of anilines is 1. The quantitative estimate of drug-likeness (QED) is 0.762. The Morgan fingerprint density at radius 1 is 1.14 bits per heavy atom. The zero-order valence-corrected chi connectivity index (χ0v) is 14.8. The highest BCUT2D eigenvalue weighted by atomic mass is 79.9. The lowest BCUT2D eigenvalue weighted by Gasteiger charge is -2.24. The molecule has 0 radical (unpaired) electrons. The number of rotatable bonds is 3. The largest absolute Gasteiger partial charge is 0.310 e. The average Bonchev–Trinajstić information content (AvgIpc) is 2.55. The monoisotopic (exact) mass is 395 g/mol. The van der Waals surface area contributed by atoms with Gasteiger partial charge in [-0.05, 0) is 25.1 Å². The topological polar surface area (TPSA) is 88.6 Å². The smallest absolute Gasteiger partial charge is 0.276 e. The van der Waals surface area contributed by atoms with E-state index in [1.807, 2.05) is 0 Å². The second kappa shape index (κ2) is 4.79. The lowest BCUT2D eigenvalue weighted by molar-refractivity contribution is -0.118. The lowest BCUT2D eigenvalue weighted by Crippen LogP contribution is -2.50. The number of amides is 1. The van der Waals surface area contributed by atoms with Crippen LogP contribution in [0.2, 0.25) is 0 Å². The highest BCUT2D eigenvalue weighted by Crippen LogP contribution is 2.49. The Morgan fingerprint density at radius 3 is 2.10 bits per heavy atom. The number of halogens is 1. The minimum atomic E-state index is -4.24. The summed E-state index contributed by atoms with van der Waals surface area (Å²) in [5.74, 6) is -0.942. The van der Waals surface area contributed by atoms with Gasteiger partial charge < -0.3 is 4.90 Å². The molecule has 1 heterocycles. The molecule has 1 aliphatic heterocycles. The van der Waals surface area contributed by atoms with Crippen LogP contribution in [0.25, 0.3) is 0 Å². The maximum absolute atomic E-state index is 12.7. The van der Waals surface area contributed by atoms with Crippen molar-refractivity contribution in [1.29, 1.82) is 0 Å². The predicted molar refractivity (Wildman–Crippen MR) is 83.5 cm³/mol. The Morgan fingerprint density at radius 2 is 1.67 bits per heavy atom. The van der Waals surface area contributed by atoms with Gasteiger partial charge in [0.2, 0.25) is 0 Å². The molecule has 0 saturated heterocycles. The van der Waals surface area contributed by atoms with Crippen LogP contribution in [0.3, 0.4) is 0 Å². The van der Waals surface area contributed by atoms with Crippen molar-refractivity contribution in [3.8, 4) is 0 Å². The minimum absolute atomic E-state index is 0.0197. The van der Waals surface area contributed by atoms with Crippen LogP contribution in [0.15, 0.2) is 22.7 Å². The summed E-state index contributed by atoms with van der Waals surface area (Å²) in [6, 6.07) is 4.55. The first-order valence-corrected chi connectivity index (χ1v) is 10.6. The second-order valence-corrected chi connectivity index (χ2v) is 10.4. The third-order valence-corrected chi connectivity index (χ3v) is 8.68. The number of nitrogens with zero attached hydrogens (tertiary/aromatic N) is 1. The molecule has 1 aromatic rings. The number of carbonyl (C=O) groups is 1. The predicted octanol–water partition coefficient (Wildman–Crippen LogP) is 1.06. The van der Waals surface area contributed by atoms with Crippen LogP contribution in [0, 0.1) is 0 Å². The van der Waals surface area contributed by atoms with Gasteiger partial charge in [-0.3, -0.25) is 4.79 Å². The van der Waals surface area contributed by atoms with Crippen molar-refractivity contribution < 1.29 is 21.6 Å². The Bertz CT molecular complexity index is 797. The first kappa shape index (κ1) is 16.4. The Hall–Kier alpha value is -0.930. The van der Waals surface area contributed by atoms with Crippen LogP contribution in [0.1, 0.15) is 12.5 Å². The molecule has 0 atom stereocenters. The third-order valence-electron chi connectivity index (χ3n) is 3.49. The van der Waals surface area contributed by atoms with Crippen molar-refractivity contribution >= 4 is 47.2 Å². The molecular weight excluding hydrogens is 382 g/mol. The molecule has 0 unspecified atom stereocenters. The molecule has 0 aromatic heterocycles. The van der Waals surface area contributed by atoms with Crippen LogP contribution < -0.4 is 4.90 Å². The Balaban J connectivity index is 3.05. The molecule has 116 valence electrons. The second-order valence-electron chi connectivity index (χ2n) is 4.87. The Labute approximate surface area is 132 Å². The number of fused-ring (bicyclic) bond motifs is 1. The molecule has 0 spiro atoms. The number of hydrogen-bond donors (Lipinski definition) is 0. The summed E-state index contributed by atoms with van der Waals surface area (Å²) in [6.07, 6.45) is 1.55. The summed E-state index contributed by atoms with van der Waals surface area (Å²) >= 11 is 3.19. The van der Waals surface area contributed by atoms with Gasteiger partial charge in [-0.1, -0.05) is 15.9 Å². The number of benzene rings is 1. The van der Waals surface area contributed by atoms with E-state index in [2.05, 4.69) is 15.9 Å². The Kier molecular flexibility index (Phi) is 3.75. The van der Waals surface area contributed by atoms with Crippen LogP contribution in [0.5, 0.6) is 0 Å². The van der Waals surface area contributed by atoms with E-state index in [0.29, 0.717) is 10.2 Å². The molecule has 0 fully saturated rings. The average molecular weight is 396 g/mol. The van der Waals surface area contributed by atoms with Crippen molar-refractivity contribution in [3.05, 3.63) is 28.2 Å². The van der Waals surface area contributed by atoms with Gasteiger partial charge in [-0.25, -0.2) is 16.8 Å². The number of likely N-dealkylation sites (N-methyl/N-ethyl adjacent to an activating group) is 1. The van der Waals surface area contributed by atoms with Crippen LogP contribution in [0.4, 0.5) is 5.69 Å². The molecule has 1 amide bonds. The molecule has 0 bridgehead atoms. The van der Waals surface area contributed by atoms with E-state index < -0.39 is 29.7 Å². The van der Waals surface area contributed by atoms with E-state index in [1.54, 1.807) is 19.1 Å². The molecule has 0 N–H and O–H groups in total. The summed E-state index contributed by atoms with van der Waals surface area (Å²) in [7, 11) is -8.49. The SMILES string of the molecule is CCN1C(=O)C(S(C)(=O)=O)(S(C)(=O)=O)c2cc(Br)ccc21. The van der Waals surface area contributed by atoms with Gasteiger partial charge in [-0.15, -0.1) is 0 Å². The maximum atomic E-state index is 12.7. The van der Waals surface area contributed by atoms with Crippen molar-refractivity contribution in [2.75, 3.05) is 24.0 Å². The molecule has 1 aliphatic rings. The van der Waals surface area contributed by atoms with Crippen LogP contribution in [-0.4, -0.2) is 41.8 Å². The molecule has 0 aliphatic carbocycles. The van der Waals surface area contributed by atoms with E-state index in [0.717, 1.165) is 12.5 Å². The number of sulfone groups is 2. The van der Waals surface area contributed by atoms with Crippen LogP contribution >= 0.6 is 15.9 Å². The zero-order chi connectivity index (χ0) is 16.2. The van der Waals surface area contributed by atoms with Crippen LogP contribution in [-0.2, 0) is 28.5 Å². The molecule has 2 rings (SSSR count). The first-order valence-electron chi connectivity index (χ1n) is 5.99. The van der Waals surface area contributed by atoms with Crippen molar-refractivity contribution in [2.24, 2.45) is 0 Å². The fraction of sp³-hybridized carbons (Fsp3) is 0.417. The minimum Gasteiger partial charge on any atom is -0.310 e. The van der Waals surface area contributed by atoms with Gasteiger partial charge in [0.1, 0.15) is 0 Å². The molecular formula is C12H14BrNO5S2. The number of carbonyl (C=O) groups excluding carboxylic acids is 1. The van der Waals surface area contributed by atoms with E-state index in [9.17, 15) is 21.6 Å². The number of hydrogen-bond acceptors (Lipinski definition) is 5. The normalized spacial score (nSPS) is 17.9. The summed E-state index contributed by atoms with van der Waals surface area (Å²) in [6.45, 7) is 1.84. The van der Waals surface area contributed by atoms with Crippen molar-refractivity contribution in [1.82, 2.24) is 0 Å². The molecule has 21 heavy (non-hydrogen) atoms. The molecule has 0 saturated carbocycles. The summed E-state index contributed by atoms with van der Waals surface area (Å²) in [5.41, 5.74) is 0.287. The summed E-state index contributed by atoms with van der Waals surface area (Å²) in [4.78, 5) is 13.9. The van der Waals surface area contributed by atoms with Gasteiger partial charge in [-0.2, -0.15) is 0 Å². The molecule has 6 nitrogen and oxygen atoms in total. The lowest BCUT2D eigenvalue weighted by atomic mass is 10.1. The summed E-state index contributed by atoms with van der Waals surface area (Å²) in [5, 5.41) is 0. The van der Waals surface area contributed by atoms with Gasteiger partial charge in [0.05, 0.1) is 5.69 Å². The van der Waals surface area contributed by atoms with Gasteiger partial charge >= 0.3 is 0 Å². The highest BCUT2D eigenvalue weighted by Gasteiger charge is 2.65. The van der Waals surface area contributed by atoms with E-state index >= 15 is 0 Å². The van der Waals surface area contributed by atoms with Gasteiger partial charge in [0, 0.05) is 29.1 Å². The standard InChI is InChI=1S/C12H14BrNO5S2/c1-4-14-10-6-5-8(13)7-9(10)12(11(14)15,20(2,16)17)21(3,18)19/h5-7H,4H2,1-3H3. The maximum Gasteiger partial charge on any atom is 0.276 e. The van der Waals surface area contributed by atoms with Crippen molar-refractivity contribution in [2.45, 2.75) is 11.0 Å². The third kappa shape index (κ3) is 2.05. The van der Waals surface area contributed by atoms with Crippen molar-refractivity contribution in [3.63, 3.8) is 0 Å². The zero-order valence-electron chi connectivity index (χ0n) is 11.6. The first-order chi connectivity index (χ1) is 9.48. The highest BCUT2D eigenvalue weighted by molar-refractivity contribution is 9.10. The van der Waals surface area contributed by atoms with Gasteiger partial charge in [0.15, 0.2) is 19.7 Å². The van der Waals surface area contributed by atoms with E-state index in [1.165, 1.54) is 11.0 Å². The fourth-order valence-electron chi connectivity index (χ4n) is 2.72. The summed E-state index contributed by atoms with van der Waals surface area (Å²) < 4.78 is 47.2. The van der Waals surface area contributed by atoms with E-state index in [4.69, 9.17) is 0 Å². The molecule has 9 heteroatoms. The van der Waals surface area contributed by atoms with Gasteiger partial charge in [0.25, 0.3) is 9.99 Å².